The van der Waals surface area contributed by atoms with Gasteiger partial charge in [0.15, 0.2) is 0 Å². The van der Waals surface area contributed by atoms with Gasteiger partial charge >= 0.3 is 5.97 Å². The Morgan fingerprint density at radius 1 is 0.844 bits per heavy atom. The van der Waals surface area contributed by atoms with E-state index in [0.717, 1.165) is 16.7 Å². The Balaban J connectivity index is 2.07. The summed E-state index contributed by atoms with van der Waals surface area (Å²) in [5.74, 6) is -0.866. The second-order valence-electron chi connectivity index (χ2n) is 7.31. The van der Waals surface area contributed by atoms with E-state index in [0.29, 0.717) is 0 Å². The highest BCUT2D eigenvalue weighted by Crippen LogP contribution is 2.41. The van der Waals surface area contributed by atoms with Crippen LogP contribution >= 0.6 is 12.6 Å². The van der Waals surface area contributed by atoms with Crippen LogP contribution in [0.2, 0.25) is 0 Å². The molecule has 0 radical (unpaired) electrons. The van der Waals surface area contributed by atoms with Gasteiger partial charge in [-0.3, -0.25) is 4.79 Å². The summed E-state index contributed by atoms with van der Waals surface area (Å²) >= 11 is 4.15. The number of methoxy groups -OCH3 is 1. The van der Waals surface area contributed by atoms with Gasteiger partial charge in [-0.05, 0) is 23.6 Å². The molecule has 2 atom stereocenters. The number of carbonyl (C=O) groups excluding carboxylic acids is 2. The summed E-state index contributed by atoms with van der Waals surface area (Å²) in [4.78, 5) is 25.0. The van der Waals surface area contributed by atoms with Crippen molar-refractivity contribution in [2.24, 2.45) is 0 Å². The molecule has 166 valence electrons. The van der Waals surface area contributed by atoms with Crippen molar-refractivity contribution in [3.63, 3.8) is 0 Å². The molecule has 0 aromatic heterocycles. The minimum absolute atomic E-state index is 0.117. The van der Waals surface area contributed by atoms with Gasteiger partial charge in [0.1, 0.15) is 17.7 Å². The van der Waals surface area contributed by atoms with Crippen LogP contribution in [0.3, 0.4) is 0 Å². The highest BCUT2D eigenvalue weighted by molar-refractivity contribution is 7.80. The molecule has 0 bridgehead atoms. The number of hydrogen-bond donors (Lipinski definition) is 2. The molecule has 0 heterocycles. The van der Waals surface area contributed by atoms with Crippen LogP contribution in [0.25, 0.3) is 0 Å². The zero-order chi connectivity index (χ0) is 23.0. The van der Waals surface area contributed by atoms with Crippen LogP contribution in [0, 0.1) is 0 Å². The lowest BCUT2D eigenvalue weighted by Gasteiger charge is -2.38. The van der Waals surface area contributed by atoms with E-state index >= 15 is 0 Å². The number of esters is 1. The molecule has 0 aliphatic rings. The van der Waals surface area contributed by atoms with E-state index in [2.05, 4.69) is 17.9 Å². The van der Waals surface area contributed by atoms with Gasteiger partial charge in [-0.1, -0.05) is 91.0 Å². The highest BCUT2D eigenvalue weighted by atomic mass is 32.1. The Morgan fingerprint density at radius 3 is 1.59 bits per heavy atom. The molecule has 0 spiro atoms. The molecule has 32 heavy (non-hydrogen) atoms. The van der Waals surface area contributed by atoms with Gasteiger partial charge in [0.25, 0.3) is 0 Å². The predicted molar refractivity (Wildman–Crippen MR) is 128 cm³/mol. The maximum absolute atomic E-state index is 13.0. The average molecular weight is 450 g/mol. The van der Waals surface area contributed by atoms with Gasteiger partial charge in [-0.2, -0.15) is 12.6 Å². The summed E-state index contributed by atoms with van der Waals surface area (Å²) in [7, 11) is 1.27. The van der Waals surface area contributed by atoms with Crippen LogP contribution in [0.1, 0.15) is 23.6 Å². The fourth-order valence-corrected chi connectivity index (χ4v) is 3.89. The van der Waals surface area contributed by atoms with Gasteiger partial charge in [0.2, 0.25) is 5.91 Å². The molecule has 0 aliphatic heterocycles. The summed E-state index contributed by atoms with van der Waals surface area (Å²) in [6, 6.07) is 28.5. The summed E-state index contributed by atoms with van der Waals surface area (Å²) < 4.78 is 11.4. The third-order valence-electron chi connectivity index (χ3n) is 5.25. The lowest BCUT2D eigenvalue weighted by molar-refractivity contribution is -0.148. The van der Waals surface area contributed by atoms with Crippen molar-refractivity contribution in [1.29, 1.82) is 0 Å². The quantitative estimate of drug-likeness (QED) is 0.295. The number of nitrogens with one attached hydrogen (secondary N) is 1. The monoisotopic (exact) mass is 449 g/mol. The Morgan fingerprint density at radius 2 is 1.25 bits per heavy atom. The average Bonchev–Trinajstić information content (AvgIpc) is 2.86. The lowest BCUT2D eigenvalue weighted by atomic mass is 9.80. The third kappa shape index (κ3) is 5.03. The van der Waals surface area contributed by atoms with Crippen LogP contribution in [0.15, 0.2) is 91.0 Å². The minimum atomic E-state index is -1.04. The SMILES string of the molecule is COC(=O)[C@H](CS)NC(=O)C(C)OC(c1ccccc1)(c1ccccc1)c1ccccc1. The van der Waals surface area contributed by atoms with Crippen molar-refractivity contribution >= 4 is 24.5 Å². The molecule has 3 aromatic rings. The van der Waals surface area contributed by atoms with Crippen molar-refractivity contribution in [2.45, 2.75) is 24.7 Å². The fourth-order valence-electron chi connectivity index (χ4n) is 3.65. The van der Waals surface area contributed by atoms with Crippen LogP contribution in [0.5, 0.6) is 0 Å². The summed E-state index contributed by atoms with van der Waals surface area (Å²) in [6.45, 7) is 1.67. The highest BCUT2D eigenvalue weighted by Gasteiger charge is 2.40. The van der Waals surface area contributed by atoms with Gasteiger partial charge in [0.05, 0.1) is 7.11 Å². The van der Waals surface area contributed by atoms with Crippen LogP contribution in [0.4, 0.5) is 0 Å². The van der Waals surface area contributed by atoms with Crippen LogP contribution < -0.4 is 5.32 Å². The van der Waals surface area contributed by atoms with Crippen LogP contribution in [-0.2, 0) is 24.7 Å². The largest absolute Gasteiger partial charge is 0.467 e. The number of amides is 1. The molecular weight excluding hydrogens is 422 g/mol. The fraction of sp³-hybridized carbons (Fsp3) is 0.231. The van der Waals surface area contributed by atoms with E-state index in [-0.39, 0.29) is 5.75 Å². The first kappa shape index (κ1) is 23.6. The van der Waals surface area contributed by atoms with Crippen molar-refractivity contribution in [3.8, 4) is 0 Å². The van der Waals surface area contributed by atoms with Gasteiger partial charge < -0.3 is 14.8 Å². The molecule has 1 unspecified atom stereocenters. The summed E-state index contributed by atoms with van der Waals surface area (Å²) in [6.07, 6.45) is -0.886. The normalized spacial score (nSPS) is 13.1. The Bertz CT molecular complexity index is 915. The third-order valence-corrected chi connectivity index (χ3v) is 5.61. The Hall–Kier alpha value is -3.09. The molecule has 3 aromatic carbocycles. The number of hydrogen-bond acceptors (Lipinski definition) is 5. The summed E-state index contributed by atoms with van der Waals surface area (Å²) in [5, 5.41) is 2.68. The van der Waals surface area contributed by atoms with Crippen molar-refractivity contribution in [3.05, 3.63) is 108 Å². The van der Waals surface area contributed by atoms with Crippen molar-refractivity contribution in [2.75, 3.05) is 12.9 Å². The number of thiol groups is 1. The maximum Gasteiger partial charge on any atom is 0.329 e. The van der Waals surface area contributed by atoms with Gasteiger partial charge in [-0.25, -0.2) is 4.79 Å². The predicted octanol–water partition coefficient (Wildman–Crippen LogP) is 3.97. The smallest absolute Gasteiger partial charge is 0.329 e. The lowest BCUT2D eigenvalue weighted by Crippen LogP contribution is -2.49. The van der Waals surface area contributed by atoms with Crippen LogP contribution in [-0.4, -0.2) is 36.9 Å². The van der Waals surface area contributed by atoms with Gasteiger partial charge in [0, 0.05) is 5.75 Å². The number of ether oxygens (including phenoxy) is 2. The molecule has 6 heteroatoms. The Kier molecular flexibility index (Phi) is 8.09. The molecule has 1 amide bonds. The van der Waals surface area contributed by atoms with E-state index < -0.39 is 29.6 Å². The van der Waals surface area contributed by atoms with E-state index in [1.54, 1.807) is 6.92 Å². The van der Waals surface area contributed by atoms with E-state index in [1.165, 1.54) is 7.11 Å². The zero-order valence-electron chi connectivity index (χ0n) is 18.1. The molecule has 3 rings (SSSR count). The maximum atomic E-state index is 13.0. The van der Waals surface area contributed by atoms with Crippen molar-refractivity contribution < 1.29 is 19.1 Å². The molecule has 1 N–H and O–H groups in total. The van der Waals surface area contributed by atoms with E-state index in [4.69, 9.17) is 9.47 Å². The number of benzene rings is 3. The topological polar surface area (TPSA) is 64.6 Å². The second kappa shape index (κ2) is 11.0. The summed E-state index contributed by atoms with van der Waals surface area (Å²) in [5.41, 5.74) is 1.62. The number of carbonyl (C=O) groups is 2. The standard InChI is InChI=1S/C26H27NO4S/c1-19(24(28)27-23(18-32)25(29)30-2)31-26(20-12-6-3-7-13-20,21-14-8-4-9-15-21)22-16-10-5-11-17-22/h3-17,19,23,32H,18H2,1-2H3,(H,27,28)/t19?,23-/m0/s1. The molecule has 5 nitrogen and oxygen atoms in total. The molecule has 0 fully saturated rings. The first-order valence-corrected chi connectivity index (χ1v) is 11.0. The van der Waals surface area contributed by atoms with E-state index in [1.807, 2.05) is 91.0 Å². The number of rotatable bonds is 9. The molecule has 0 aliphatic carbocycles. The molecule has 0 saturated carbocycles. The van der Waals surface area contributed by atoms with E-state index in [9.17, 15) is 9.59 Å². The van der Waals surface area contributed by atoms with Gasteiger partial charge in [-0.15, -0.1) is 0 Å². The molecule has 0 saturated heterocycles. The van der Waals surface area contributed by atoms with Crippen molar-refractivity contribution in [1.82, 2.24) is 5.32 Å². The Labute approximate surface area is 194 Å². The first-order chi connectivity index (χ1) is 15.5. The zero-order valence-corrected chi connectivity index (χ0v) is 19.0. The first-order valence-electron chi connectivity index (χ1n) is 10.4. The molecular formula is C26H27NO4S. The minimum Gasteiger partial charge on any atom is -0.467 e. The second-order valence-corrected chi connectivity index (χ2v) is 7.67.